The smallest absolute Gasteiger partial charge is 0.338 e. The van der Waals surface area contributed by atoms with Crippen molar-refractivity contribution in [3.63, 3.8) is 0 Å². The number of rotatable bonds is 5. The molecular weight excluding hydrogens is 392 g/mol. The third-order valence-corrected chi connectivity index (χ3v) is 6.55. The van der Waals surface area contributed by atoms with Crippen LogP contribution in [0.15, 0.2) is 18.2 Å². The zero-order chi connectivity index (χ0) is 21.1. The summed E-state index contributed by atoms with van der Waals surface area (Å²) in [6.45, 7) is 6.51. The highest BCUT2D eigenvalue weighted by Gasteiger charge is 2.30. The molecule has 1 N–H and O–H groups in total. The van der Waals surface area contributed by atoms with E-state index in [1.165, 1.54) is 6.42 Å². The number of ether oxygens (including phenoxy) is 1. The molecule has 0 spiro atoms. The molecular formula is C22H29ClN2O4. The predicted molar refractivity (Wildman–Crippen MR) is 112 cm³/mol. The maximum Gasteiger partial charge on any atom is 0.338 e. The number of carbonyl (C=O) groups excluding carboxylic acids is 3. The quantitative estimate of drug-likeness (QED) is 0.731. The molecule has 0 bridgehead atoms. The molecule has 0 unspecified atom stereocenters. The summed E-state index contributed by atoms with van der Waals surface area (Å²) in [4.78, 5) is 38.7. The lowest BCUT2D eigenvalue weighted by atomic mass is 9.78. The van der Waals surface area contributed by atoms with Crippen LogP contribution in [0.2, 0.25) is 5.02 Å². The lowest BCUT2D eigenvalue weighted by Crippen LogP contribution is -2.47. The van der Waals surface area contributed by atoms with Crippen LogP contribution in [0.25, 0.3) is 0 Å². The summed E-state index contributed by atoms with van der Waals surface area (Å²) < 4.78 is 5.39. The molecule has 0 aromatic heterocycles. The van der Waals surface area contributed by atoms with Gasteiger partial charge in [-0.15, -0.1) is 0 Å². The summed E-state index contributed by atoms with van der Waals surface area (Å²) in [6.07, 6.45) is 3.55. The summed E-state index contributed by atoms with van der Waals surface area (Å²) in [5.41, 5.74) is 0.772. The van der Waals surface area contributed by atoms with Crippen molar-refractivity contribution in [2.24, 2.45) is 11.8 Å². The minimum atomic E-state index is -0.903. The van der Waals surface area contributed by atoms with Crippen LogP contribution in [0.5, 0.6) is 0 Å². The van der Waals surface area contributed by atoms with Gasteiger partial charge in [-0.3, -0.25) is 9.59 Å². The SMILES string of the molecule is C[C@H]1[C@@H](NC(=O)[C@@H](C)OC(=O)c2ccc(Cl)c(N3CCCC3=O)c2)CCC[C@@H]1C. The zero-order valence-corrected chi connectivity index (χ0v) is 18.0. The minimum Gasteiger partial charge on any atom is -0.449 e. The second-order valence-corrected chi connectivity index (χ2v) is 8.65. The normalized spacial score (nSPS) is 25.6. The average Bonchev–Trinajstić information content (AvgIpc) is 3.11. The number of hydrogen-bond donors (Lipinski definition) is 1. The Morgan fingerprint density at radius 3 is 2.69 bits per heavy atom. The second-order valence-electron chi connectivity index (χ2n) is 8.25. The van der Waals surface area contributed by atoms with E-state index in [1.54, 1.807) is 30.0 Å². The van der Waals surface area contributed by atoms with Crippen LogP contribution in [0, 0.1) is 11.8 Å². The van der Waals surface area contributed by atoms with Crippen LogP contribution in [0.3, 0.4) is 0 Å². The van der Waals surface area contributed by atoms with Crippen LogP contribution >= 0.6 is 11.6 Å². The molecule has 158 valence electrons. The Morgan fingerprint density at radius 1 is 1.24 bits per heavy atom. The maximum absolute atomic E-state index is 12.6. The van der Waals surface area contributed by atoms with E-state index in [2.05, 4.69) is 19.2 Å². The van der Waals surface area contributed by atoms with Crippen LogP contribution in [-0.4, -0.2) is 36.5 Å². The lowest BCUT2D eigenvalue weighted by Gasteiger charge is -2.35. The van der Waals surface area contributed by atoms with E-state index in [0.717, 1.165) is 19.3 Å². The fourth-order valence-electron chi connectivity index (χ4n) is 4.12. The first-order valence-electron chi connectivity index (χ1n) is 10.4. The summed E-state index contributed by atoms with van der Waals surface area (Å²) in [6, 6.07) is 4.79. The van der Waals surface area contributed by atoms with Crippen molar-refractivity contribution < 1.29 is 19.1 Å². The van der Waals surface area contributed by atoms with E-state index in [-0.39, 0.29) is 23.4 Å². The molecule has 6 nitrogen and oxygen atoms in total. The fraction of sp³-hybridized carbons (Fsp3) is 0.591. The van der Waals surface area contributed by atoms with E-state index >= 15 is 0 Å². The number of hydrogen-bond acceptors (Lipinski definition) is 4. The van der Waals surface area contributed by atoms with E-state index in [0.29, 0.717) is 35.5 Å². The molecule has 4 atom stereocenters. The number of carbonyl (C=O) groups is 3. The van der Waals surface area contributed by atoms with E-state index < -0.39 is 12.1 Å². The topological polar surface area (TPSA) is 75.7 Å². The molecule has 1 aliphatic heterocycles. The van der Waals surface area contributed by atoms with Crippen molar-refractivity contribution in [3.05, 3.63) is 28.8 Å². The van der Waals surface area contributed by atoms with Gasteiger partial charge in [0.2, 0.25) is 5.91 Å². The van der Waals surface area contributed by atoms with Crippen molar-refractivity contribution in [2.75, 3.05) is 11.4 Å². The van der Waals surface area contributed by atoms with Crippen LogP contribution in [-0.2, 0) is 14.3 Å². The summed E-state index contributed by atoms with van der Waals surface area (Å²) in [5, 5.41) is 3.44. The molecule has 1 heterocycles. The number of halogens is 1. The summed E-state index contributed by atoms with van der Waals surface area (Å²) in [5.74, 6) is 0.0524. The summed E-state index contributed by atoms with van der Waals surface area (Å²) >= 11 is 6.23. The van der Waals surface area contributed by atoms with Crippen LogP contribution in [0.1, 0.15) is 63.2 Å². The lowest BCUT2D eigenvalue weighted by molar-refractivity contribution is -0.130. The molecule has 29 heavy (non-hydrogen) atoms. The molecule has 1 saturated carbocycles. The first-order valence-corrected chi connectivity index (χ1v) is 10.8. The van der Waals surface area contributed by atoms with Gasteiger partial charge in [0.15, 0.2) is 6.10 Å². The Labute approximate surface area is 176 Å². The molecule has 1 saturated heterocycles. The van der Waals surface area contributed by atoms with Crippen molar-refractivity contribution in [3.8, 4) is 0 Å². The highest BCUT2D eigenvalue weighted by atomic mass is 35.5. The number of amides is 2. The molecule has 2 amide bonds. The highest BCUT2D eigenvalue weighted by Crippen LogP contribution is 2.31. The Kier molecular flexibility index (Phi) is 6.83. The highest BCUT2D eigenvalue weighted by molar-refractivity contribution is 6.34. The van der Waals surface area contributed by atoms with Crippen molar-refractivity contribution in [1.82, 2.24) is 5.32 Å². The van der Waals surface area contributed by atoms with E-state index in [1.807, 2.05) is 0 Å². The second kappa shape index (κ2) is 9.16. The van der Waals surface area contributed by atoms with Gasteiger partial charge < -0.3 is 15.0 Å². The fourth-order valence-corrected chi connectivity index (χ4v) is 4.34. The molecule has 1 aromatic rings. The van der Waals surface area contributed by atoms with Crippen molar-refractivity contribution in [2.45, 2.75) is 65.0 Å². The van der Waals surface area contributed by atoms with Gasteiger partial charge in [0.25, 0.3) is 5.91 Å². The third kappa shape index (κ3) is 4.92. The number of nitrogens with zero attached hydrogens (tertiary/aromatic N) is 1. The van der Waals surface area contributed by atoms with E-state index in [4.69, 9.17) is 16.3 Å². The van der Waals surface area contributed by atoms with Gasteiger partial charge in [-0.05, 0) is 49.8 Å². The van der Waals surface area contributed by atoms with Gasteiger partial charge in [-0.25, -0.2) is 4.79 Å². The number of esters is 1. The molecule has 2 aliphatic rings. The van der Waals surface area contributed by atoms with Gasteiger partial charge in [0.1, 0.15) is 0 Å². The largest absolute Gasteiger partial charge is 0.449 e. The maximum atomic E-state index is 12.6. The van der Waals surface area contributed by atoms with Gasteiger partial charge in [0.05, 0.1) is 16.3 Å². The van der Waals surface area contributed by atoms with Gasteiger partial charge in [-0.2, -0.15) is 0 Å². The molecule has 0 radical (unpaired) electrons. The third-order valence-electron chi connectivity index (χ3n) is 6.23. The molecule has 2 fully saturated rings. The molecule has 1 aromatic carbocycles. The Bertz CT molecular complexity index is 797. The van der Waals surface area contributed by atoms with Gasteiger partial charge >= 0.3 is 5.97 Å². The predicted octanol–water partition coefficient (Wildman–Crippen LogP) is 3.95. The molecule has 3 rings (SSSR count). The first-order chi connectivity index (χ1) is 13.8. The Balaban J connectivity index is 1.63. The number of nitrogens with one attached hydrogen (secondary N) is 1. The monoisotopic (exact) mass is 420 g/mol. The standard InChI is InChI=1S/C22H29ClN2O4/c1-13-6-4-7-18(14(13)2)24-21(27)15(3)29-22(28)16-9-10-17(23)19(12-16)25-11-5-8-20(25)26/h9-10,12-15,18H,4-8,11H2,1-3H3,(H,24,27)/t13-,14+,15+,18-/m0/s1. The molecule has 1 aliphatic carbocycles. The summed E-state index contributed by atoms with van der Waals surface area (Å²) in [7, 11) is 0. The van der Waals surface area contributed by atoms with Crippen LogP contribution < -0.4 is 10.2 Å². The first kappa shape index (κ1) is 21.6. The van der Waals surface area contributed by atoms with Crippen LogP contribution in [0.4, 0.5) is 5.69 Å². The Hall–Kier alpha value is -2.08. The Morgan fingerprint density at radius 2 is 2.00 bits per heavy atom. The average molecular weight is 421 g/mol. The minimum absolute atomic E-state index is 0.0130. The van der Waals surface area contributed by atoms with Crippen molar-refractivity contribution in [1.29, 1.82) is 0 Å². The van der Waals surface area contributed by atoms with Gasteiger partial charge in [0, 0.05) is 19.0 Å². The van der Waals surface area contributed by atoms with Crippen molar-refractivity contribution >= 4 is 35.1 Å². The van der Waals surface area contributed by atoms with E-state index in [9.17, 15) is 14.4 Å². The zero-order valence-electron chi connectivity index (χ0n) is 17.2. The molecule has 7 heteroatoms. The number of anilines is 1. The number of benzene rings is 1. The van der Waals surface area contributed by atoms with Gasteiger partial charge in [-0.1, -0.05) is 38.3 Å².